The minimum absolute atomic E-state index is 0.170. The average molecular weight is 490 g/mol. The van der Waals surface area contributed by atoms with E-state index in [0.717, 1.165) is 21.8 Å². The molecule has 7 nitrogen and oxygen atoms in total. The second kappa shape index (κ2) is 11.1. The van der Waals surface area contributed by atoms with E-state index in [4.69, 9.17) is 10.5 Å². The largest absolute Gasteiger partial charge is 0.497 e. The lowest BCUT2D eigenvalue weighted by Crippen LogP contribution is -2.49. The highest BCUT2D eigenvalue weighted by molar-refractivity contribution is 7.99. The summed E-state index contributed by atoms with van der Waals surface area (Å²) in [5.41, 5.74) is 8.58. The molecule has 0 fully saturated rings. The summed E-state index contributed by atoms with van der Waals surface area (Å²) < 4.78 is 5.20. The van der Waals surface area contributed by atoms with Gasteiger partial charge in [0, 0.05) is 22.9 Å². The molecular formula is C27H27N3O4S. The van der Waals surface area contributed by atoms with Crippen molar-refractivity contribution >= 4 is 35.2 Å². The van der Waals surface area contributed by atoms with Gasteiger partial charge in [-0.3, -0.25) is 14.4 Å². The van der Waals surface area contributed by atoms with Gasteiger partial charge in [0.15, 0.2) is 0 Å². The van der Waals surface area contributed by atoms with Crippen LogP contribution in [0.4, 0.5) is 5.69 Å². The first-order valence-corrected chi connectivity index (χ1v) is 12.3. The molecule has 3 amide bonds. The number of carbonyl (C=O) groups excluding carboxylic acids is 3. The fraction of sp³-hybridized carbons (Fsp3) is 0.222. The first kappa shape index (κ1) is 24.3. The highest BCUT2D eigenvalue weighted by Crippen LogP contribution is 2.32. The maximum absolute atomic E-state index is 13.6. The molecule has 180 valence electrons. The quantitative estimate of drug-likeness (QED) is 0.504. The third-order valence-corrected chi connectivity index (χ3v) is 7.01. The number of benzene rings is 3. The van der Waals surface area contributed by atoms with Crippen molar-refractivity contribution in [3.8, 4) is 5.75 Å². The van der Waals surface area contributed by atoms with Crippen molar-refractivity contribution in [1.29, 1.82) is 0 Å². The molecule has 4 rings (SSSR count). The third-order valence-electron chi connectivity index (χ3n) is 5.86. The van der Waals surface area contributed by atoms with E-state index >= 15 is 0 Å². The zero-order chi connectivity index (χ0) is 24.8. The van der Waals surface area contributed by atoms with Crippen LogP contribution in [0.25, 0.3) is 0 Å². The molecule has 0 saturated carbocycles. The van der Waals surface area contributed by atoms with Gasteiger partial charge in [0.1, 0.15) is 11.8 Å². The standard InChI is InChI=1S/C27H27N3O4S/c1-34-21-10-7-18(8-11-21)13-14-30-23(26(28)32)17-35-24-12-9-20(16-22(24)27(30)33)29-25(31)15-19-5-3-2-4-6-19/h2-12,16,23H,13-15,17H2,1H3,(H2,28,32)(H,29,31). The van der Waals surface area contributed by atoms with Crippen LogP contribution in [0.3, 0.4) is 0 Å². The smallest absolute Gasteiger partial charge is 0.255 e. The molecule has 0 spiro atoms. The molecule has 1 heterocycles. The van der Waals surface area contributed by atoms with Crippen molar-refractivity contribution in [2.75, 3.05) is 24.7 Å². The van der Waals surface area contributed by atoms with Crippen LogP contribution < -0.4 is 15.8 Å². The van der Waals surface area contributed by atoms with E-state index in [9.17, 15) is 14.4 Å². The number of methoxy groups -OCH3 is 1. The molecule has 0 radical (unpaired) electrons. The molecule has 3 aromatic rings. The molecule has 1 aliphatic heterocycles. The molecule has 35 heavy (non-hydrogen) atoms. The normalized spacial score (nSPS) is 15.2. The van der Waals surface area contributed by atoms with Crippen LogP contribution in [0.15, 0.2) is 77.7 Å². The fourth-order valence-electron chi connectivity index (χ4n) is 3.98. The molecular weight excluding hydrogens is 462 g/mol. The van der Waals surface area contributed by atoms with Gasteiger partial charge in [0.25, 0.3) is 5.91 Å². The van der Waals surface area contributed by atoms with E-state index in [1.54, 1.807) is 30.2 Å². The van der Waals surface area contributed by atoms with Crippen LogP contribution in [0.1, 0.15) is 21.5 Å². The average Bonchev–Trinajstić information content (AvgIpc) is 3.00. The maximum atomic E-state index is 13.6. The molecule has 1 aliphatic rings. The van der Waals surface area contributed by atoms with Gasteiger partial charge in [-0.2, -0.15) is 0 Å². The summed E-state index contributed by atoms with van der Waals surface area (Å²) in [6.07, 6.45) is 0.797. The van der Waals surface area contributed by atoms with Crippen LogP contribution in [-0.4, -0.2) is 48.1 Å². The Morgan fingerprint density at radius 2 is 1.80 bits per heavy atom. The topological polar surface area (TPSA) is 102 Å². The second-order valence-corrected chi connectivity index (χ2v) is 9.31. The van der Waals surface area contributed by atoms with Crippen molar-refractivity contribution in [1.82, 2.24) is 4.90 Å². The molecule has 0 saturated heterocycles. The van der Waals surface area contributed by atoms with Gasteiger partial charge in [-0.15, -0.1) is 11.8 Å². The zero-order valence-electron chi connectivity index (χ0n) is 19.4. The minimum atomic E-state index is -0.728. The van der Waals surface area contributed by atoms with Gasteiger partial charge in [-0.1, -0.05) is 42.5 Å². The fourth-order valence-corrected chi connectivity index (χ4v) is 5.12. The first-order valence-electron chi connectivity index (χ1n) is 11.3. The van der Waals surface area contributed by atoms with Crippen molar-refractivity contribution in [2.24, 2.45) is 5.73 Å². The Kier molecular flexibility index (Phi) is 7.72. The lowest BCUT2D eigenvalue weighted by molar-refractivity contribution is -0.121. The van der Waals surface area contributed by atoms with Crippen molar-refractivity contribution in [2.45, 2.75) is 23.8 Å². The summed E-state index contributed by atoms with van der Waals surface area (Å²) in [7, 11) is 1.61. The predicted octanol–water partition coefficient (Wildman–Crippen LogP) is 3.52. The number of nitrogens with zero attached hydrogens (tertiary/aromatic N) is 1. The van der Waals surface area contributed by atoms with E-state index in [1.165, 1.54) is 11.8 Å². The van der Waals surface area contributed by atoms with Gasteiger partial charge in [-0.25, -0.2) is 0 Å². The minimum Gasteiger partial charge on any atom is -0.497 e. The van der Waals surface area contributed by atoms with Crippen LogP contribution in [-0.2, 0) is 22.4 Å². The SMILES string of the molecule is COc1ccc(CCN2C(=O)c3cc(NC(=O)Cc4ccccc4)ccc3SCC2C(N)=O)cc1. The van der Waals surface area contributed by atoms with Crippen molar-refractivity contribution in [3.63, 3.8) is 0 Å². The highest BCUT2D eigenvalue weighted by atomic mass is 32.2. The molecule has 1 atom stereocenters. The van der Waals surface area contributed by atoms with Gasteiger partial charge < -0.3 is 20.7 Å². The number of hydrogen-bond donors (Lipinski definition) is 2. The summed E-state index contributed by atoms with van der Waals surface area (Å²) in [5.74, 6) is 0.139. The van der Waals surface area contributed by atoms with Crippen LogP contribution >= 0.6 is 11.8 Å². The number of amides is 3. The molecule has 0 bridgehead atoms. The number of primary amides is 1. The molecule has 8 heteroatoms. The Morgan fingerprint density at radius 1 is 1.06 bits per heavy atom. The summed E-state index contributed by atoms with van der Waals surface area (Å²) in [6, 6.07) is 21.6. The number of ether oxygens (including phenoxy) is 1. The Labute approximate surface area is 208 Å². The third kappa shape index (κ3) is 6.02. The van der Waals surface area contributed by atoms with Gasteiger partial charge in [0.05, 0.1) is 19.1 Å². The maximum Gasteiger partial charge on any atom is 0.255 e. The van der Waals surface area contributed by atoms with E-state index in [1.807, 2.05) is 54.6 Å². The molecule has 1 unspecified atom stereocenters. The Balaban J connectivity index is 1.52. The number of fused-ring (bicyclic) bond motifs is 1. The first-order chi connectivity index (χ1) is 16.9. The number of nitrogens with one attached hydrogen (secondary N) is 1. The monoisotopic (exact) mass is 489 g/mol. The van der Waals surface area contributed by atoms with Gasteiger partial charge in [-0.05, 0) is 47.9 Å². The van der Waals surface area contributed by atoms with E-state index < -0.39 is 11.9 Å². The van der Waals surface area contributed by atoms with Crippen molar-refractivity contribution < 1.29 is 19.1 Å². The zero-order valence-corrected chi connectivity index (χ0v) is 20.2. The number of hydrogen-bond acceptors (Lipinski definition) is 5. The van der Waals surface area contributed by atoms with E-state index in [-0.39, 0.29) is 18.2 Å². The molecule has 0 aliphatic carbocycles. The Hall–Kier alpha value is -3.78. The lowest BCUT2D eigenvalue weighted by Gasteiger charge is -2.27. The van der Waals surface area contributed by atoms with Gasteiger partial charge in [0.2, 0.25) is 11.8 Å². The summed E-state index contributed by atoms with van der Waals surface area (Å²) in [5, 5.41) is 2.88. The summed E-state index contributed by atoms with van der Waals surface area (Å²) in [6.45, 7) is 0.337. The van der Waals surface area contributed by atoms with E-state index in [0.29, 0.717) is 30.0 Å². The summed E-state index contributed by atoms with van der Waals surface area (Å²) >= 11 is 1.42. The molecule has 3 N–H and O–H groups in total. The Bertz CT molecular complexity index is 1210. The van der Waals surface area contributed by atoms with Gasteiger partial charge >= 0.3 is 0 Å². The Morgan fingerprint density at radius 3 is 2.49 bits per heavy atom. The van der Waals surface area contributed by atoms with Crippen LogP contribution in [0.5, 0.6) is 5.75 Å². The number of nitrogens with two attached hydrogens (primary N) is 1. The number of anilines is 1. The second-order valence-electron chi connectivity index (χ2n) is 8.25. The molecule has 0 aromatic heterocycles. The lowest BCUT2D eigenvalue weighted by atomic mass is 10.1. The van der Waals surface area contributed by atoms with Crippen LogP contribution in [0, 0.1) is 0 Å². The molecule has 3 aromatic carbocycles. The van der Waals surface area contributed by atoms with Crippen molar-refractivity contribution in [3.05, 3.63) is 89.5 Å². The van der Waals surface area contributed by atoms with E-state index in [2.05, 4.69) is 5.32 Å². The highest BCUT2D eigenvalue weighted by Gasteiger charge is 2.33. The number of thioether (sulfide) groups is 1. The summed E-state index contributed by atoms with van der Waals surface area (Å²) in [4.78, 5) is 40.6. The number of rotatable bonds is 8. The predicted molar refractivity (Wildman–Crippen MR) is 137 cm³/mol. The number of carbonyl (C=O) groups is 3. The van der Waals surface area contributed by atoms with Crippen LogP contribution in [0.2, 0.25) is 0 Å².